The number of rotatable bonds is 7. The highest BCUT2D eigenvalue weighted by Gasteiger charge is 2.51. The summed E-state index contributed by atoms with van der Waals surface area (Å²) in [4.78, 5) is 14.5. The molecule has 0 amide bonds. The number of likely N-dealkylation sites (N-methyl/N-ethyl adjacent to an activating group) is 2. The Morgan fingerprint density at radius 2 is 2.20 bits per heavy atom. The predicted octanol–water partition coefficient (Wildman–Crippen LogP) is 0.886. The summed E-state index contributed by atoms with van der Waals surface area (Å²) in [6, 6.07) is 0. The van der Waals surface area contributed by atoms with E-state index < -0.39 is 5.54 Å². The maximum atomic E-state index is 12.2. The van der Waals surface area contributed by atoms with E-state index in [1.54, 1.807) is 0 Å². The van der Waals surface area contributed by atoms with Crippen LogP contribution in [0.4, 0.5) is 0 Å². The molecule has 1 aliphatic heterocycles. The van der Waals surface area contributed by atoms with Gasteiger partial charge in [-0.05, 0) is 51.6 Å². The number of ether oxygens (including phenoxy) is 2. The maximum Gasteiger partial charge on any atom is 0.327 e. The molecule has 0 radical (unpaired) electrons. The van der Waals surface area contributed by atoms with Gasteiger partial charge in [0.05, 0.1) is 13.7 Å². The first-order valence-corrected chi connectivity index (χ1v) is 7.66. The third-order valence-corrected chi connectivity index (χ3v) is 4.61. The Balaban J connectivity index is 1.94. The van der Waals surface area contributed by atoms with Crippen molar-refractivity contribution in [3.63, 3.8) is 0 Å². The zero-order valence-corrected chi connectivity index (χ0v) is 13.0. The summed E-state index contributed by atoms with van der Waals surface area (Å²) in [6.07, 6.45) is 4.58. The van der Waals surface area contributed by atoms with Crippen LogP contribution in [0.2, 0.25) is 0 Å². The minimum absolute atomic E-state index is 0.130. The first-order valence-electron chi connectivity index (χ1n) is 7.66. The fourth-order valence-electron chi connectivity index (χ4n) is 3.39. The fourth-order valence-corrected chi connectivity index (χ4v) is 3.39. The van der Waals surface area contributed by atoms with Gasteiger partial charge in [0, 0.05) is 19.7 Å². The van der Waals surface area contributed by atoms with E-state index in [4.69, 9.17) is 9.47 Å². The normalized spacial score (nSPS) is 26.3. The summed E-state index contributed by atoms with van der Waals surface area (Å²) in [5.41, 5.74) is -0.543. The molecule has 1 saturated heterocycles. The van der Waals surface area contributed by atoms with Crippen LogP contribution < -0.4 is 5.32 Å². The van der Waals surface area contributed by atoms with Crippen molar-refractivity contribution < 1.29 is 14.3 Å². The second kappa shape index (κ2) is 6.87. The summed E-state index contributed by atoms with van der Waals surface area (Å²) < 4.78 is 10.6. The Kier molecular flexibility index (Phi) is 5.41. The predicted molar refractivity (Wildman–Crippen MR) is 77.6 cm³/mol. The lowest BCUT2D eigenvalue weighted by Crippen LogP contribution is -2.60. The molecule has 2 unspecified atom stereocenters. The van der Waals surface area contributed by atoms with Crippen LogP contribution in [-0.2, 0) is 14.3 Å². The molecule has 1 saturated carbocycles. The van der Waals surface area contributed by atoms with Gasteiger partial charge in [0.15, 0.2) is 0 Å². The number of nitrogens with one attached hydrogen (secondary N) is 1. The van der Waals surface area contributed by atoms with Crippen molar-refractivity contribution in [3.05, 3.63) is 0 Å². The average Bonchev–Trinajstić information content (AvgIpc) is 3.30. The van der Waals surface area contributed by atoms with E-state index in [0.717, 1.165) is 39.0 Å². The molecule has 0 aromatic rings. The zero-order valence-electron chi connectivity index (χ0n) is 13.0. The van der Waals surface area contributed by atoms with Crippen molar-refractivity contribution >= 4 is 5.97 Å². The number of hydrogen-bond acceptors (Lipinski definition) is 5. The topological polar surface area (TPSA) is 50.8 Å². The molecular formula is C15H28N2O3. The molecule has 1 heterocycles. The highest BCUT2D eigenvalue weighted by molar-refractivity contribution is 5.82. The van der Waals surface area contributed by atoms with E-state index in [2.05, 4.69) is 17.3 Å². The SMILES string of the molecule is CNC(CN(C)CC1CCCOC1)(C(=O)OC)C1CC1. The van der Waals surface area contributed by atoms with Gasteiger partial charge in [-0.1, -0.05) is 0 Å². The lowest BCUT2D eigenvalue weighted by Gasteiger charge is -2.36. The summed E-state index contributed by atoms with van der Waals surface area (Å²) in [5.74, 6) is 0.861. The molecule has 2 aliphatic rings. The molecule has 1 aliphatic carbocycles. The molecule has 2 atom stereocenters. The lowest BCUT2D eigenvalue weighted by atomic mass is 9.92. The van der Waals surface area contributed by atoms with Gasteiger partial charge in [-0.15, -0.1) is 0 Å². The third kappa shape index (κ3) is 3.51. The van der Waals surface area contributed by atoms with E-state index >= 15 is 0 Å². The van der Waals surface area contributed by atoms with Crippen LogP contribution in [0.5, 0.6) is 0 Å². The summed E-state index contributed by atoms with van der Waals surface area (Å²) in [6.45, 7) is 3.42. The van der Waals surface area contributed by atoms with Gasteiger partial charge in [0.2, 0.25) is 0 Å². The Labute approximate surface area is 122 Å². The number of carbonyl (C=O) groups is 1. The summed E-state index contributed by atoms with van der Waals surface area (Å²) in [7, 11) is 5.44. The van der Waals surface area contributed by atoms with E-state index in [-0.39, 0.29) is 5.97 Å². The molecule has 1 N–H and O–H groups in total. The van der Waals surface area contributed by atoms with Crippen molar-refractivity contribution in [2.45, 2.75) is 31.2 Å². The van der Waals surface area contributed by atoms with Crippen LogP contribution >= 0.6 is 0 Å². The minimum atomic E-state index is -0.543. The Morgan fingerprint density at radius 3 is 2.70 bits per heavy atom. The second-order valence-corrected chi connectivity index (χ2v) is 6.27. The number of nitrogens with zero attached hydrogens (tertiary/aromatic N) is 1. The number of esters is 1. The number of hydrogen-bond donors (Lipinski definition) is 1. The Bertz CT molecular complexity index is 327. The van der Waals surface area contributed by atoms with Gasteiger partial charge in [-0.3, -0.25) is 0 Å². The first kappa shape index (κ1) is 15.7. The van der Waals surface area contributed by atoms with Crippen molar-refractivity contribution in [2.75, 3.05) is 47.5 Å². The maximum absolute atomic E-state index is 12.2. The molecule has 0 aromatic heterocycles. The van der Waals surface area contributed by atoms with Crippen molar-refractivity contribution in [1.29, 1.82) is 0 Å². The molecule has 5 heteroatoms. The number of methoxy groups -OCH3 is 1. The lowest BCUT2D eigenvalue weighted by molar-refractivity contribution is -0.150. The second-order valence-electron chi connectivity index (χ2n) is 6.27. The zero-order chi connectivity index (χ0) is 14.6. The Morgan fingerprint density at radius 1 is 1.45 bits per heavy atom. The number of carbonyl (C=O) groups excluding carboxylic acids is 1. The molecule has 2 fully saturated rings. The van der Waals surface area contributed by atoms with Gasteiger partial charge in [-0.25, -0.2) is 4.79 Å². The minimum Gasteiger partial charge on any atom is -0.468 e. The molecule has 2 rings (SSSR count). The summed E-state index contributed by atoms with van der Waals surface area (Å²) in [5, 5.41) is 3.25. The average molecular weight is 284 g/mol. The molecule has 0 bridgehead atoms. The molecular weight excluding hydrogens is 256 g/mol. The summed E-state index contributed by atoms with van der Waals surface area (Å²) >= 11 is 0. The van der Waals surface area contributed by atoms with Gasteiger partial charge >= 0.3 is 5.97 Å². The van der Waals surface area contributed by atoms with Crippen molar-refractivity contribution in [3.8, 4) is 0 Å². The monoisotopic (exact) mass is 284 g/mol. The smallest absolute Gasteiger partial charge is 0.327 e. The quantitative estimate of drug-likeness (QED) is 0.704. The standard InChI is InChI=1S/C15H28N2O3/c1-16-15(13-6-7-13,14(18)19-3)11-17(2)9-12-5-4-8-20-10-12/h12-13,16H,4-11H2,1-3H3. The van der Waals surface area contributed by atoms with E-state index in [0.29, 0.717) is 18.4 Å². The highest BCUT2D eigenvalue weighted by atomic mass is 16.5. The van der Waals surface area contributed by atoms with Crippen molar-refractivity contribution in [1.82, 2.24) is 10.2 Å². The highest BCUT2D eigenvalue weighted by Crippen LogP contribution is 2.40. The molecule has 116 valence electrons. The molecule has 5 nitrogen and oxygen atoms in total. The third-order valence-electron chi connectivity index (χ3n) is 4.61. The largest absolute Gasteiger partial charge is 0.468 e. The molecule has 0 aromatic carbocycles. The fraction of sp³-hybridized carbons (Fsp3) is 0.933. The van der Waals surface area contributed by atoms with Crippen LogP contribution in [0.1, 0.15) is 25.7 Å². The van der Waals surface area contributed by atoms with Gasteiger partial charge < -0.3 is 19.7 Å². The first-order chi connectivity index (χ1) is 9.62. The van der Waals surface area contributed by atoms with Crippen molar-refractivity contribution in [2.24, 2.45) is 11.8 Å². The van der Waals surface area contributed by atoms with Crippen LogP contribution in [0.25, 0.3) is 0 Å². The molecule has 0 spiro atoms. The van der Waals surface area contributed by atoms with Crippen LogP contribution in [0.3, 0.4) is 0 Å². The van der Waals surface area contributed by atoms with E-state index in [1.807, 2.05) is 7.05 Å². The van der Waals surface area contributed by atoms with Crippen LogP contribution in [-0.4, -0.2) is 63.9 Å². The van der Waals surface area contributed by atoms with Gasteiger partial charge in [-0.2, -0.15) is 0 Å². The van der Waals surface area contributed by atoms with Crippen LogP contribution in [0.15, 0.2) is 0 Å². The molecule has 20 heavy (non-hydrogen) atoms. The van der Waals surface area contributed by atoms with E-state index in [9.17, 15) is 4.79 Å². The van der Waals surface area contributed by atoms with Gasteiger partial charge in [0.1, 0.15) is 5.54 Å². The van der Waals surface area contributed by atoms with Gasteiger partial charge in [0.25, 0.3) is 0 Å². The van der Waals surface area contributed by atoms with E-state index in [1.165, 1.54) is 13.5 Å². The Hall–Kier alpha value is -0.650. The van der Waals surface area contributed by atoms with Crippen LogP contribution in [0, 0.1) is 11.8 Å².